The number of nitrogens with zero attached hydrogens (tertiary/aromatic N) is 2. The average molecular weight is 310 g/mol. The summed E-state index contributed by atoms with van der Waals surface area (Å²) in [6.07, 6.45) is 4.62. The van der Waals surface area contributed by atoms with Crippen LogP contribution >= 0.6 is 22.9 Å². The van der Waals surface area contributed by atoms with E-state index in [2.05, 4.69) is 14.6 Å². The molecule has 0 unspecified atom stereocenters. The van der Waals surface area contributed by atoms with E-state index in [-0.39, 0.29) is 8.68 Å². The van der Waals surface area contributed by atoms with Crippen LogP contribution in [-0.2, 0) is 10.0 Å². The fraction of sp³-hybridized carbons (Fsp3) is 0.700. The van der Waals surface area contributed by atoms with Crippen molar-refractivity contribution in [2.75, 3.05) is 26.2 Å². The van der Waals surface area contributed by atoms with Crippen LogP contribution in [0.2, 0.25) is 4.47 Å². The molecule has 1 aromatic heterocycles. The van der Waals surface area contributed by atoms with Crippen LogP contribution in [0.1, 0.15) is 19.3 Å². The molecule has 0 aromatic carbocycles. The SMILES string of the molecule is O=S(=O)(NCCCN1CCCC1)c1cnc(Cl)s1. The summed E-state index contributed by atoms with van der Waals surface area (Å²) < 4.78 is 26.6. The van der Waals surface area contributed by atoms with Gasteiger partial charge in [-0.05, 0) is 38.9 Å². The quantitative estimate of drug-likeness (QED) is 0.810. The summed E-state index contributed by atoms with van der Waals surface area (Å²) in [5.41, 5.74) is 0. The highest BCUT2D eigenvalue weighted by Crippen LogP contribution is 2.21. The van der Waals surface area contributed by atoms with Gasteiger partial charge in [0.2, 0.25) is 0 Å². The third-order valence-electron chi connectivity index (χ3n) is 2.86. The van der Waals surface area contributed by atoms with Gasteiger partial charge in [0.25, 0.3) is 10.0 Å². The molecule has 0 bridgehead atoms. The lowest BCUT2D eigenvalue weighted by Crippen LogP contribution is -2.28. The molecule has 1 saturated heterocycles. The minimum absolute atomic E-state index is 0.175. The van der Waals surface area contributed by atoms with E-state index in [0.717, 1.165) is 37.4 Å². The molecule has 0 radical (unpaired) electrons. The minimum Gasteiger partial charge on any atom is -0.303 e. The summed E-state index contributed by atoms with van der Waals surface area (Å²) in [5.74, 6) is 0. The number of hydrogen-bond acceptors (Lipinski definition) is 5. The molecule has 2 heterocycles. The summed E-state index contributed by atoms with van der Waals surface area (Å²) >= 11 is 6.59. The van der Waals surface area contributed by atoms with Crippen molar-refractivity contribution in [3.63, 3.8) is 0 Å². The highest BCUT2D eigenvalue weighted by Gasteiger charge is 2.17. The summed E-state index contributed by atoms with van der Waals surface area (Å²) in [6, 6.07) is 0. The van der Waals surface area contributed by atoms with Crippen LogP contribution in [0.25, 0.3) is 0 Å². The first-order valence-electron chi connectivity index (χ1n) is 5.91. The van der Waals surface area contributed by atoms with Crippen LogP contribution in [0.4, 0.5) is 0 Å². The molecule has 8 heteroatoms. The first kappa shape index (κ1) is 14.2. The second-order valence-corrected chi connectivity index (χ2v) is 7.84. The van der Waals surface area contributed by atoms with Gasteiger partial charge >= 0.3 is 0 Å². The Hall–Kier alpha value is -0.210. The predicted molar refractivity (Wildman–Crippen MR) is 72.6 cm³/mol. The lowest BCUT2D eigenvalue weighted by atomic mass is 10.4. The molecule has 1 fully saturated rings. The zero-order chi connectivity index (χ0) is 13.0. The molecular formula is C10H16ClN3O2S2. The van der Waals surface area contributed by atoms with Crippen LogP contribution in [-0.4, -0.2) is 44.5 Å². The van der Waals surface area contributed by atoms with Crippen molar-refractivity contribution >= 4 is 33.0 Å². The number of halogens is 1. The summed E-state index contributed by atoms with van der Waals surface area (Å²) in [6.45, 7) is 3.68. The van der Waals surface area contributed by atoms with E-state index in [9.17, 15) is 8.42 Å². The van der Waals surface area contributed by atoms with Crippen molar-refractivity contribution in [1.29, 1.82) is 0 Å². The Morgan fingerprint density at radius 3 is 2.78 bits per heavy atom. The van der Waals surface area contributed by atoms with Gasteiger partial charge in [0, 0.05) is 6.54 Å². The minimum atomic E-state index is -3.43. The van der Waals surface area contributed by atoms with E-state index in [1.807, 2.05) is 0 Å². The van der Waals surface area contributed by atoms with E-state index in [0.29, 0.717) is 6.54 Å². The summed E-state index contributed by atoms with van der Waals surface area (Å²) in [7, 11) is -3.43. The van der Waals surface area contributed by atoms with Crippen molar-refractivity contribution in [3.05, 3.63) is 10.7 Å². The smallest absolute Gasteiger partial charge is 0.251 e. The Morgan fingerprint density at radius 1 is 1.44 bits per heavy atom. The third kappa shape index (κ3) is 3.89. The highest BCUT2D eigenvalue weighted by molar-refractivity contribution is 7.91. The van der Waals surface area contributed by atoms with Gasteiger partial charge in [0.15, 0.2) is 8.68 Å². The number of thiazole rings is 1. The molecule has 1 aromatic rings. The number of rotatable bonds is 6. The van der Waals surface area contributed by atoms with Crippen molar-refractivity contribution in [1.82, 2.24) is 14.6 Å². The molecule has 102 valence electrons. The lowest BCUT2D eigenvalue weighted by molar-refractivity contribution is 0.334. The Labute approximate surface area is 116 Å². The Balaban J connectivity index is 1.75. The van der Waals surface area contributed by atoms with Crippen LogP contribution in [0.5, 0.6) is 0 Å². The summed E-state index contributed by atoms with van der Waals surface area (Å²) in [5, 5.41) is 0. The van der Waals surface area contributed by atoms with Crippen LogP contribution in [0.15, 0.2) is 10.4 Å². The molecule has 1 aliphatic heterocycles. The molecular weight excluding hydrogens is 294 g/mol. The van der Waals surface area contributed by atoms with Crippen molar-refractivity contribution < 1.29 is 8.42 Å². The molecule has 2 rings (SSSR count). The zero-order valence-electron chi connectivity index (χ0n) is 9.93. The van der Waals surface area contributed by atoms with Crippen molar-refractivity contribution in [2.45, 2.75) is 23.5 Å². The first-order chi connectivity index (χ1) is 8.58. The molecule has 0 atom stereocenters. The fourth-order valence-electron chi connectivity index (χ4n) is 1.95. The molecule has 5 nitrogen and oxygen atoms in total. The molecule has 0 amide bonds. The molecule has 18 heavy (non-hydrogen) atoms. The molecule has 1 aliphatic rings. The largest absolute Gasteiger partial charge is 0.303 e. The van der Waals surface area contributed by atoms with Gasteiger partial charge in [-0.15, -0.1) is 0 Å². The first-order valence-corrected chi connectivity index (χ1v) is 8.59. The predicted octanol–water partition coefficient (Wildman–Crippen LogP) is 1.56. The van der Waals surface area contributed by atoms with Crippen molar-refractivity contribution in [2.24, 2.45) is 0 Å². The fourth-order valence-corrected chi connectivity index (χ4v) is 4.36. The summed E-state index contributed by atoms with van der Waals surface area (Å²) in [4.78, 5) is 6.09. The van der Waals surface area contributed by atoms with Crippen LogP contribution in [0, 0.1) is 0 Å². The van der Waals surface area contributed by atoms with E-state index in [4.69, 9.17) is 11.6 Å². The van der Waals surface area contributed by atoms with Gasteiger partial charge in [-0.25, -0.2) is 18.1 Å². The maximum absolute atomic E-state index is 11.8. The van der Waals surface area contributed by atoms with E-state index in [1.54, 1.807) is 0 Å². The standard InChI is InChI=1S/C10H16ClN3O2S2/c11-10-12-8-9(17-10)18(15,16)13-4-3-7-14-5-1-2-6-14/h8,13H,1-7H2. The molecule has 0 saturated carbocycles. The number of sulfonamides is 1. The van der Waals surface area contributed by atoms with Crippen molar-refractivity contribution in [3.8, 4) is 0 Å². The number of likely N-dealkylation sites (tertiary alicyclic amines) is 1. The van der Waals surface area contributed by atoms with Gasteiger partial charge in [0.1, 0.15) is 0 Å². The van der Waals surface area contributed by atoms with Gasteiger partial charge in [-0.2, -0.15) is 0 Å². The Kier molecular flexibility index (Phi) is 4.97. The number of hydrogen-bond donors (Lipinski definition) is 1. The maximum Gasteiger partial charge on any atom is 0.251 e. The highest BCUT2D eigenvalue weighted by atomic mass is 35.5. The van der Waals surface area contributed by atoms with E-state index in [1.165, 1.54) is 19.0 Å². The number of nitrogens with one attached hydrogen (secondary N) is 1. The number of aromatic nitrogens is 1. The maximum atomic E-state index is 11.8. The monoisotopic (exact) mass is 309 g/mol. The Bertz CT molecular complexity index is 483. The molecule has 1 N–H and O–H groups in total. The average Bonchev–Trinajstić information content (AvgIpc) is 2.95. The molecule has 0 spiro atoms. The van der Waals surface area contributed by atoms with Gasteiger partial charge in [-0.3, -0.25) is 0 Å². The lowest BCUT2D eigenvalue weighted by Gasteiger charge is -2.14. The van der Waals surface area contributed by atoms with E-state index >= 15 is 0 Å². The van der Waals surface area contributed by atoms with Gasteiger partial charge < -0.3 is 4.90 Å². The van der Waals surface area contributed by atoms with Crippen LogP contribution in [0.3, 0.4) is 0 Å². The van der Waals surface area contributed by atoms with E-state index < -0.39 is 10.0 Å². The Morgan fingerprint density at radius 2 is 2.17 bits per heavy atom. The van der Waals surface area contributed by atoms with Crippen LogP contribution < -0.4 is 4.72 Å². The topological polar surface area (TPSA) is 62.3 Å². The second-order valence-electron chi connectivity index (χ2n) is 4.23. The van der Waals surface area contributed by atoms with Gasteiger partial charge in [-0.1, -0.05) is 22.9 Å². The normalized spacial score (nSPS) is 17.4. The van der Waals surface area contributed by atoms with Gasteiger partial charge in [0.05, 0.1) is 6.20 Å². The third-order valence-corrected chi connectivity index (χ3v) is 5.90. The second kappa shape index (κ2) is 6.29. The zero-order valence-corrected chi connectivity index (χ0v) is 12.3. The molecule has 0 aliphatic carbocycles.